The van der Waals surface area contributed by atoms with E-state index in [1.807, 2.05) is 20.8 Å². The molecule has 180 valence electrons. The monoisotopic (exact) mass is 585 g/mol. The molecule has 0 spiro atoms. The topological polar surface area (TPSA) is 72.9 Å². The number of hydrogen-bond donors (Lipinski definition) is 0. The van der Waals surface area contributed by atoms with Crippen molar-refractivity contribution in [3.05, 3.63) is 79.7 Å². The highest BCUT2D eigenvalue weighted by atomic mass is 79.9. The highest BCUT2D eigenvalue weighted by Gasteiger charge is 2.32. The first-order valence-corrected chi connectivity index (χ1v) is 13.0. The van der Waals surface area contributed by atoms with Gasteiger partial charge >= 0.3 is 0 Å². The van der Waals surface area contributed by atoms with E-state index in [9.17, 15) is 13.2 Å². The summed E-state index contributed by atoms with van der Waals surface area (Å²) in [6.07, 6.45) is 0. The molecule has 0 atom stereocenters. The number of halogens is 3. The molecule has 0 fully saturated rings. The third kappa shape index (κ3) is 5.35. The van der Waals surface area contributed by atoms with Crippen LogP contribution in [0, 0.1) is 20.8 Å². The van der Waals surface area contributed by atoms with Gasteiger partial charge < -0.3 is 9.47 Å². The van der Waals surface area contributed by atoms with Crippen LogP contribution in [0.3, 0.4) is 0 Å². The Labute approximate surface area is 217 Å². The lowest BCUT2D eigenvalue weighted by Crippen LogP contribution is -2.40. The number of carbonyl (C=O) groups is 1. The number of aryl methyl sites for hydroxylation is 2. The van der Waals surface area contributed by atoms with Gasteiger partial charge in [-0.3, -0.25) is 4.79 Å². The predicted molar refractivity (Wildman–Crippen MR) is 138 cm³/mol. The first-order valence-electron chi connectivity index (χ1n) is 10.0. The number of sulfonamides is 1. The molecular weight excluding hydrogens is 565 g/mol. The summed E-state index contributed by atoms with van der Waals surface area (Å²) < 4.78 is 39.2. The van der Waals surface area contributed by atoms with Crippen LogP contribution in [0.4, 0.5) is 5.69 Å². The molecule has 0 aliphatic heterocycles. The Morgan fingerprint density at radius 1 is 1.00 bits per heavy atom. The Morgan fingerprint density at radius 3 is 2.24 bits per heavy atom. The van der Waals surface area contributed by atoms with E-state index in [0.29, 0.717) is 25.3 Å². The van der Waals surface area contributed by atoms with Crippen molar-refractivity contribution in [1.29, 1.82) is 0 Å². The van der Waals surface area contributed by atoms with Crippen molar-refractivity contribution < 1.29 is 22.7 Å². The molecule has 3 rings (SSSR count). The summed E-state index contributed by atoms with van der Waals surface area (Å²) in [4.78, 5) is 13.3. The van der Waals surface area contributed by atoms with Crippen LogP contribution in [0.5, 0.6) is 11.5 Å². The summed E-state index contributed by atoms with van der Waals surface area (Å²) in [6, 6.07) is 12.2. The van der Waals surface area contributed by atoms with Crippen LogP contribution < -0.4 is 13.8 Å². The second kappa shape index (κ2) is 10.6. The molecule has 0 unspecified atom stereocenters. The molecule has 3 aromatic rings. The van der Waals surface area contributed by atoms with Gasteiger partial charge in [0.1, 0.15) is 11.5 Å². The Balaban J connectivity index is 2.02. The number of methoxy groups -OCH3 is 1. The molecule has 0 N–H and O–H groups in total. The van der Waals surface area contributed by atoms with Crippen LogP contribution >= 0.6 is 39.1 Å². The standard InChI is InChI=1S/C24H22BrCl2NO5S/c1-14-5-8-18(9-6-14)34(30,31)28(17-7-10-20(32-4)19(26)12-17)22(29)13-33-21-11-15(2)24(27)16(3)23(21)25/h5-12H,13H2,1-4H3. The van der Waals surface area contributed by atoms with Crippen molar-refractivity contribution in [2.24, 2.45) is 0 Å². The first-order chi connectivity index (χ1) is 16.0. The molecule has 10 heteroatoms. The minimum atomic E-state index is -4.27. The maximum absolute atomic E-state index is 13.5. The lowest BCUT2D eigenvalue weighted by atomic mass is 10.1. The lowest BCUT2D eigenvalue weighted by Gasteiger charge is -2.24. The summed E-state index contributed by atoms with van der Waals surface area (Å²) in [5, 5.41) is 0.728. The van der Waals surface area contributed by atoms with Crippen LogP contribution in [-0.4, -0.2) is 28.0 Å². The SMILES string of the molecule is COc1ccc(N(C(=O)COc2cc(C)c(Cl)c(C)c2Br)S(=O)(=O)c2ccc(C)cc2)cc1Cl. The number of rotatable bonds is 7. The molecule has 0 radical (unpaired) electrons. The van der Waals surface area contributed by atoms with E-state index in [1.165, 1.54) is 37.4 Å². The Bertz CT molecular complexity index is 1340. The van der Waals surface area contributed by atoms with Crippen LogP contribution in [0.15, 0.2) is 57.9 Å². The van der Waals surface area contributed by atoms with Crippen molar-refractivity contribution in [3.63, 3.8) is 0 Å². The number of carbonyl (C=O) groups excluding carboxylic acids is 1. The second-order valence-electron chi connectivity index (χ2n) is 7.53. The van der Waals surface area contributed by atoms with Gasteiger partial charge in [0.2, 0.25) is 0 Å². The molecule has 0 bridgehead atoms. The summed E-state index contributed by atoms with van der Waals surface area (Å²) in [7, 11) is -2.83. The van der Waals surface area contributed by atoms with Crippen LogP contribution in [0.25, 0.3) is 0 Å². The van der Waals surface area contributed by atoms with Crippen LogP contribution in [0.1, 0.15) is 16.7 Å². The van der Waals surface area contributed by atoms with Gasteiger partial charge in [0.25, 0.3) is 15.9 Å². The van der Waals surface area contributed by atoms with Crippen molar-refractivity contribution in [1.82, 2.24) is 0 Å². The van der Waals surface area contributed by atoms with Gasteiger partial charge in [0.15, 0.2) is 6.61 Å². The predicted octanol–water partition coefficient (Wildman–Crippen LogP) is 6.49. The summed E-state index contributed by atoms with van der Waals surface area (Å²) >= 11 is 15.9. The van der Waals surface area contributed by atoms with Crippen LogP contribution in [0.2, 0.25) is 10.0 Å². The van der Waals surface area contributed by atoms with Gasteiger partial charge in [-0.1, -0.05) is 40.9 Å². The molecule has 0 saturated carbocycles. The van der Waals surface area contributed by atoms with Crippen molar-refractivity contribution in [2.75, 3.05) is 18.0 Å². The highest BCUT2D eigenvalue weighted by Crippen LogP contribution is 2.36. The average molecular weight is 587 g/mol. The fraction of sp³-hybridized carbons (Fsp3) is 0.208. The molecule has 0 aromatic heterocycles. The first kappa shape index (κ1) is 26.3. The number of benzene rings is 3. The maximum Gasteiger partial charge on any atom is 0.278 e. The number of hydrogen-bond acceptors (Lipinski definition) is 5. The van der Waals surface area contributed by atoms with E-state index in [-0.39, 0.29) is 15.6 Å². The number of ether oxygens (including phenoxy) is 2. The van der Waals surface area contributed by atoms with E-state index in [4.69, 9.17) is 32.7 Å². The second-order valence-corrected chi connectivity index (χ2v) is 10.9. The van der Waals surface area contributed by atoms with Crippen molar-refractivity contribution in [3.8, 4) is 11.5 Å². The summed E-state index contributed by atoms with van der Waals surface area (Å²) in [6.45, 7) is 4.91. The third-order valence-corrected chi connectivity index (χ3v) is 8.70. The van der Waals surface area contributed by atoms with Gasteiger partial charge in [-0.2, -0.15) is 4.31 Å². The van der Waals surface area contributed by atoms with Crippen LogP contribution in [-0.2, 0) is 14.8 Å². The zero-order valence-electron chi connectivity index (χ0n) is 18.9. The van der Waals surface area contributed by atoms with Gasteiger partial charge in [-0.15, -0.1) is 0 Å². The van der Waals surface area contributed by atoms with E-state index in [0.717, 1.165) is 16.7 Å². The molecule has 3 aromatic carbocycles. The highest BCUT2D eigenvalue weighted by molar-refractivity contribution is 9.10. The molecule has 0 saturated heterocycles. The zero-order valence-corrected chi connectivity index (χ0v) is 22.8. The molecule has 0 heterocycles. The summed E-state index contributed by atoms with van der Waals surface area (Å²) in [5.74, 6) is -0.0926. The molecule has 0 aliphatic rings. The largest absolute Gasteiger partial charge is 0.495 e. The minimum absolute atomic E-state index is 0.0437. The smallest absolute Gasteiger partial charge is 0.278 e. The van der Waals surface area contributed by atoms with E-state index in [2.05, 4.69) is 15.9 Å². The molecule has 0 aliphatic carbocycles. The lowest BCUT2D eigenvalue weighted by molar-refractivity contribution is -0.119. The molecule has 1 amide bonds. The Hall–Kier alpha value is -2.26. The maximum atomic E-state index is 13.5. The number of nitrogens with zero attached hydrogens (tertiary/aromatic N) is 1. The average Bonchev–Trinajstić information content (AvgIpc) is 2.79. The van der Waals surface area contributed by atoms with Gasteiger partial charge in [0.05, 0.1) is 27.2 Å². The Morgan fingerprint density at radius 2 is 1.65 bits per heavy atom. The van der Waals surface area contributed by atoms with Gasteiger partial charge in [-0.25, -0.2) is 8.42 Å². The summed E-state index contributed by atoms with van der Waals surface area (Å²) in [5.41, 5.74) is 2.44. The quantitative estimate of drug-likeness (QED) is 0.316. The molecular formula is C24H22BrCl2NO5S. The number of amides is 1. The van der Waals surface area contributed by atoms with Crippen molar-refractivity contribution in [2.45, 2.75) is 25.7 Å². The van der Waals surface area contributed by atoms with Crippen molar-refractivity contribution >= 4 is 60.7 Å². The van der Waals surface area contributed by atoms with Gasteiger partial charge in [-0.05, 0) is 84.2 Å². The Kier molecular flexibility index (Phi) is 8.18. The van der Waals surface area contributed by atoms with Gasteiger partial charge in [0, 0.05) is 5.02 Å². The fourth-order valence-electron chi connectivity index (χ4n) is 3.22. The third-order valence-electron chi connectivity index (χ3n) is 5.08. The van der Waals surface area contributed by atoms with E-state index >= 15 is 0 Å². The molecule has 34 heavy (non-hydrogen) atoms. The zero-order chi connectivity index (χ0) is 25.2. The minimum Gasteiger partial charge on any atom is -0.495 e. The molecule has 6 nitrogen and oxygen atoms in total. The number of anilines is 1. The fourth-order valence-corrected chi connectivity index (χ4v) is 5.56. The van der Waals surface area contributed by atoms with E-state index in [1.54, 1.807) is 18.2 Å². The van der Waals surface area contributed by atoms with E-state index < -0.39 is 22.5 Å². The normalized spacial score (nSPS) is 11.3.